The van der Waals surface area contributed by atoms with Crippen LogP contribution in [0.3, 0.4) is 0 Å². The van der Waals surface area contributed by atoms with E-state index in [1.54, 1.807) is 11.3 Å². The van der Waals surface area contributed by atoms with Crippen LogP contribution in [0.2, 0.25) is 0 Å². The highest BCUT2D eigenvalue weighted by molar-refractivity contribution is 7.25. The molecule has 8 aromatic carbocycles. The molecular weight excluding hydrogens is 717 g/mol. The molecule has 12 rings (SSSR count). The van der Waals surface area contributed by atoms with Crippen molar-refractivity contribution in [1.82, 2.24) is 19.5 Å². The van der Waals surface area contributed by atoms with Crippen LogP contribution in [-0.4, -0.2) is 19.5 Å². The zero-order chi connectivity index (χ0) is 37.5. The molecule has 0 N–H and O–H groups in total. The van der Waals surface area contributed by atoms with E-state index in [2.05, 4.69) is 180 Å². The molecule has 0 aliphatic heterocycles. The molecule has 6 heteroatoms. The number of fused-ring (bicyclic) bond motifs is 10. The third-order valence-electron chi connectivity index (χ3n) is 11.1. The summed E-state index contributed by atoms with van der Waals surface area (Å²) < 4.78 is 11.9. The van der Waals surface area contributed by atoms with E-state index in [0.29, 0.717) is 17.5 Å². The first kappa shape index (κ1) is 31.9. The number of hydrogen-bond acceptors (Lipinski definition) is 5. The van der Waals surface area contributed by atoms with E-state index in [1.165, 1.54) is 25.6 Å². The normalized spacial score (nSPS) is 11.9. The number of thiophene rings is 1. The van der Waals surface area contributed by atoms with Gasteiger partial charge in [-0.3, -0.25) is 0 Å². The number of rotatable bonds is 5. The van der Waals surface area contributed by atoms with Crippen LogP contribution in [0, 0.1) is 0 Å². The third-order valence-corrected chi connectivity index (χ3v) is 12.2. The van der Waals surface area contributed by atoms with Gasteiger partial charge >= 0.3 is 0 Å². The summed E-state index contributed by atoms with van der Waals surface area (Å²) in [6.45, 7) is 0. The summed E-state index contributed by atoms with van der Waals surface area (Å²) in [5.74, 6) is 1.77. The van der Waals surface area contributed by atoms with Crippen LogP contribution in [0.4, 0.5) is 0 Å². The van der Waals surface area contributed by atoms with Crippen LogP contribution < -0.4 is 0 Å². The van der Waals surface area contributed by atoms with Gasteiger partial charge in [0.2, 0.25) is 0 Å². The van der Waals surface area contributed by atoms with E-state index >= 15 is 0 Å². The summed E-state index contributed by atoms with van der Waals surface area (Å²) in [6.07, 6.45) is 0. The predicted molar refractivity (Wildman–Crippen MR) is 236 cm³/mol. The lowest BCUT2D eigenvalue weighted by molar-refractivity contribution is 0.671. The Kier molecular flexibility index (Phi) is 7.03. The number of benzene rings is 8. The van der Waals surface area contributed by atoms with Gasteiger partial charge in [0.1, 0.15) is 5.58 Å². The summed E-state index contributed by atoms with van der Waals surface area (Å²) in [5, 5.41) is 6.86. The van der Waals surface area contributed by atoms with E-state index in [0.717, 1.165) is 71.9 Å². The van der Waals surface area contributed by atoms with Gasteiger partial charge < -0.3 is 8.98 Å². The predicted octanol–water partition coefficient (Wildman–Crippen LogP) is 13.9. The summed E-state index contributed by atoms with van der Waals surface area (Å²) in [7, 11) is 0. The Bertz CT molecular complexity index is 3530. The lowest BCUT2D eigenvalue weighted by Gasteiger charge is -2.10. The molecule has 57 heavy (non-hydrogen) atoms. The molecule has 0 amide bonds. The molecule has 0 saturated heterocycles. The van der Waals surface area contributed by atoms with Crippen LogP contribution in [0.25, 0.3) is 115 Å². The molecule has 12 aromatic rings. The maximum Gasteiger partial charge on any atom is 0.167 e. The largest absolute Gasteiger partial charge is 0.453 e. The van der Waals surface area contributed by atoms with Gasteiger partial charge in [-0.25, -0.2) is 15.0 Å². The van der Waals surface area contributed by atoms with Crippen LogP contribution in [0.1, 0.15) is 0 Å². The van der Waals surface area contributed by atoms with Gasteiger partial charge in [0.25, 0.3) is 0 Å². The Morgan fingerprint density at radius 3 is 1.84 bits per heavy atom. The fourth-order valence-corrected chi connectivity index (χ4v) is 9.56. The lowest BCUT2D eigenvalue weighted by Crippen LogP contribution is -2.00. The van der Waals surface area contributed by atoms with Crippen molar-refractivity contribution in [3.63, 3.8) is 0 Å². The van der Waals surface area contributed by atoms with Crippen molar-refractivity contribution in [1.29, 1.82) is 0 Å². The molecule has 0 aliphatic rings. The van der Waals surface area contributed by atoms with E-state index in [4.69, 9.17) is 19.4 Å². The summed E-state index contributed by atoms with van der Waals surface area (Å²) in [4.78, 5) is 15.6. The Morgan fingerprint density at radius 1 is 0.386 bits per heavy atom. The third kappa shape index (κ3) is 5.04. The van der Waals surface area contributed by atoms with E-state index in [9.17, 15) is 0 Å². The molecule has 0 aliphatic carbocycles. The highest BCUT2D eigenvalue weighted by Gasteiger charge is 2.22. The molecule has 0 radical (unpaired) electrons. The van der Waals surface area contributed by atoms with E-state index in [1.807, 2.05) is 6.07 Å². The SMILES string of the molecule is c1ccc(-c2cccc(-c3nc(-c4ccc5c(c4)sc4ccccc45)nc(-c4cccc5c4oc4c5ccc5c6ccccc6n(-c6ccccc6)c54)n3)c2)cc1. The Hall–Kier alpha value is -7.41. The fourth-order valence-electron chi connectivity index (χ4n) is 8.41. The van der Waals surface area contributed by atoms with Crippen LogP contribution in [-0.2, 0) is 0 Å². The standard InChI is InChI=1S/C51H30N4OS/c1-3-13-31(14-4-1)32-15-11-16-33(29-32)49-52-50(34-25-26-38-37-20-8-10-24-44(37)57-45(38)30-34)54-51(53-49)42-22-12-21-40-41-28-27-39-36-19-7-9-23-43(36)55(35-17-5-2-6-18-35)46(39)48(41)56-47(40)42/h1-30H. The molecule has 0 saturated carbocycles. The zero-order valence-corrected chi connectivity index (χ0v) is 31.2. The molecule has 0 spiro atoms. The Balaban J connectivity index is 1.11. The number of aromatic nitrogens is 4. The van der Waals surface area contributed by atoms with Crippen LogP contribution >= 0.6 is 11.3 Å². The van der Waals surface area contributed by atoms with Crippen molar-refractivity contribution >= 4 is 75.3 Å². The fraction of sp³-hybridized carbons (Fsp3) is 0. The molecular formula is C51H30N4OS. The van der Waals surface area contributed by atoms with Crippen LogP contribution in [0.5, 0.6) is 0 Å². The van der Waals surface area contributed by atoms with Gasteiger partial charge in [-0.1, -0.05) is 133 Å². The Labute approximate surface area is 330 Å². The minimum absolute atomic E-state index is 0.557. The number of nitrogens with zero attached hydrogens (tertiary/aromatic N) is 4. The second kappa shape index (κ2) is 12.6. The van der Waals surface area contributed by atoms with Gasteiger partial charge in [-0.2, -0.15) is 0 Å². The van der Waals surface area contributed by atoms with Crippen molar-refractivity contribution in [2.45, 2.75) is 0 Å². The molecule has 0 fully saturated rings. The van der Waals surface area contributed by atoms with Gasteiger partial charge in [-0.15, -0.1) is 11.3 Å². The molecule has 0 atom stereocenters. The molecule has 0 unspecified atom stereocenters. The number of hydrogen-bond donors (Lipinski definition) is 0. The average Bonchev–Trinajstić information content (AvgIpc) is 3.96. The first-order valence-electron chi connectivity index (χ1n) is 19.0. The summed E-state index contributed by atoms with van der Waals surface area (Å²) in [6, 6.07) is 63.7. The van der Waals surface area contributed by atoms with Crippen molar-refractivity contribution in [3.8, 4) is 51.0 Å². The molecule has 5 nitrogen and oxygen atoms in total. The van der Waals surface area contributed by atoms with Crippen molar-refractivity contribution in [3.05, 3.63) is 182 Å². The molecule has 4 aromatic heterocycles. The minimum atomic E-state index is 0.557. The van der Waals surface area contributed by atoms with E-state index in [-0.39, 0.29) is 0 Å². The quantitative estimate of drug-likeness (QED) is 0.176. The maximum atomic E-state index is 7.08. The number of para-hydroxylation sites is 3. The molecule has 266 valence electrons. The highest BCUT2D eigenvalue weighted by atomic mass is 32.1. The second-order valence-corrected chi connectivity index (χ2v) is 15.5. The van der Waals surface area contributed by atoms with Crippen molar-refractivity contribution in [2.24, 2.45) is 0 Å². The highest BCUT2D eigenvalue weighted by Crippen LogP contribution is 2.43. The topological polar surface area (TPSA) is 56.7 Å². The maximum absolute atomic E-state index is 7.08. The molecule has 4 heterocycles. The van der Waals surface area contributed by atoms with Gasteiger partial charge in [0, 0.05) is 58.5 Å². The van der Waals surface area contributed by atoms with E-state index < -0.39 is 0 Å². The first-order chi connectivity index (χ1) is 28.2. The number of furan rings is 1. The summed E-state index contributed by atoms with van der Waals surface area (Å²) >= 11 is 1.79. The smallest absolute Gasteiger partial charge is 0.167 e. The zero-order valence-electron chi connectivity index (χ0n) is 30.4. The second-order valence-electron chi connectivity index (χ2n) is 14.4. The molecule has 0 bridgehead atoms. The summed E-state index contributed by atoms with van der Waals surface area (Å²) in [5.41, 5.74) is 9.71. The monoisotopic (exact) mass is 746 g/mol. The lowest BCUT2D eigenvalue weighted by atomic mass is 10.0. The van der Waals surface area contributed by atoms with Gasteiger partial charge in [0.15, 0.2) is 23.1 Å². The average molecular weight is 747 g/mol. The minimum Gasteiger partial charge on any atom is -0.453 e. The first-order valence-corrected chi connectivity index (χ1v) is 19.8. The van der Waals surface area contributed by atoms with Crippen molar-refractivity contribution < 1.29 is 4.42 Å². The van der Waals surface area contributed by atoms with Crippen molar-refractivity contribution in [2.75, 3.05) is 0 Å². The Morgan fingerprint density at radius 2 is 0.982 bits per heavy atom. The van der Waals surface area contributed by atoms with Gasteiger partial charge in [-0.05, 0) is 59.7 Å². The van der Waals surface area contributed by atoms with Crippen LogP contribution in [0.15, 0.2) is 186 Å². The van der Waals surface area contributed by atoms with Gasteiger partial charge in [0.05, 0.1) is 16.6 Å².